The highest BCUT2D eigenvalue weighted by atomic mass is 15.4. The first-order valence-corrected chi connectivity index (χ1v) is 3.69. The van der Waals surface area contributed by atoms with Crippen LogP contribution < -0.4 is 5.73 Å². The van der Waals surface area contributed by atoms with Gasteiger partial charge in [0.25, 0.3) is 5.82 Å². The van der Waals surface area contributed by atoms with Crippen molar-refractivity contribution in [3.63, 3.8) is 0 Å². The average molecular weight is 187 g/mol. The van der Waals surface area contributed by atoms with Gasteiger partial charge >= 0.3 is 0 Å². The minimum atomic E-state index is 0.0854. The first-order chi connectivity index (χ1) is 6.79. The summed E-state index contributed by atoms with van der Waals surface area (Å²) < 4.78 is 1.36. The molecular formula is C7H5N7. The zero-order chi connectivity index (χ0) is 9.97. The van der Waals surface area contributed by atoms with E-state index in [1.165, 1.54) is 23.4 Å². The van der Waals surface area contributed by atoms with E-state index >= 15 is 0 Å². The topological polar surface area (TPSA) is 106 Å². The third-order valence-electron chi connectivity index (χ3n) is 1.50. The average Bonchev–Trinajstić information content (AvgIpc) is 2.66. The molecule has 2 heterocycles. The fraction of sp³-hybridized carbons (Fsp3) is 0. The Labute approximate surface area is 78.9 Å². The monoisotopic (exact) mass is 187 g/mol. The predicted octanol–water partition coefficient (Wildman–Crippen LogP) is -0.489. The molecule has 0 atom stereocenters. The van der Waals surface area contributed by atoms with Crippen LogP contribution in [0.4, 0.5) is 5.82 Å². The number of hydrogen-bond donors (Lipinski definition) is 1. The fourth-order valence-corrected chi connectivity index (χ4v) is 0.911. The van der Waals surface area contributed by atoms with Crippen molar-refractivity contribution >= 4 is 5.82 Å². The number of anilines is 1. The van der Waals surface area contributed by atoms with E-state index < -0.39 is 0 Å². The van der Waals surface area contributed by atoms with Crippen molar-refractivity contribution in [2.24, 2.45) is 0 Å². The van der Waals surface area contributed by atoms with Gasteiger partial charge in [0.15, 0.2) is 5.82 Å². The number of nitrogen functional groups attached to an aromatic ring is 1. The molecule has 0 unspecified atom stereocenters. The molecule has 0 aliphatic carbocycles. The summed E-state index contributed by atoms with van der Waals surface area (Å²) in [7, 11) is 0. The van der Waals surface area contributed by atoms with Crippen LogP contribution in [0.15, 0.2) is 18.7 Å². The Morgan fingerprint density at radius 1 is 1.36 bits per heavy atom. The maximum atomic E-state index is 8.51. The molecule has 2 aromatic rings. The normalized spacial score (nSPS) is 9.64. The van der Waals surface area contributed by atoms with Crippen molar-refractivity contribution in [3.8, 4) is 11.9 Å². The van der Waals surface area contributed by atoms with Gasteiger partial charge in [-0.3, -0.25) is 0 Å². The van der Waals surface area contributed by atoms with Crippen LogP contribution in [0.3, 0.4) is 0 Å². The van der Waals surface area contributed by atoms with Crippen LogP contribution in [0.2, 0.25) is 0 Å². The Balaban J connectivity index is 2.45. The van der Waals surface area contributed by atoms with Crippen molar-refractivity contribution in [2.75, 3.05) is 5.73 Å². The van der Waals surface area contributed by atoms with Crippen LogP contribution in [-0.4, -0.2) is 24.7 Å². The van der Waals surface area contributed by atoms with Gasteiger partial charge in [-0.2, -0.15) is 5.26 Å². The van der Waals surface area contributed by atoms with Crippen LogP contribution >= 0.6 is 0 Å². The summed E-state index contributed by atoms with van der Waals surface area (Å²) in [4.78, 5) is 11.4. The number of hydrogen-bond acceptors (Lipinski definition) is 6. The van der Waals surface area contributed by atoms with Gasteiger partial charge in [0.2, 0.25) is 0 Å². The molecule has 0 fully saturated rings. The third-order valence-corrected chi connectivity index (χ3v) is 1.50. The van der Waals surface area contributed by atoms with Crippen LogP contribution in [0.1, 0.15) is 5.82 Å². The van der Waals surface area contributed by atoms with E-state index in [0.29, 0.717) is 11.6 Å². The number of nitrogens with two attached hydrogens (primary N) is 1. The van der Waals surface area contributed by atoms with Gasteiger partial charge in [0.1, 0.15) is 24.5 Å². The maximum Gasteiger partial charge on any atom is 0.252 e. The maximum absolute atomic E-state index is 8.51. The van der Waals surface area contributed by atoms with E-state index in [2.05, 4.69) is 20.1 Å². The van der Waals surface area contributed by atoms with E-state index in [4.69, 9.17) is 11.0 Å². The lowest BCUT2D eigenvalue weighted by atomic mass is 10.5. The minimum Gasteiger partial charge on any atom is -0.384 e. The molecule has 0 aromatic carbocycles. The predicted molar refractivity (Wildman–Crippen MR) is 46.1 cm³/mol. The highest BCUT2D eigenvalue weighted by Gasteiger charge is 2.02. The molecule has 0 aliphatic rings. The molecule has 2 rings (SSSR count). The van der Waals surface area contributed by atoms with E-state index in [0.717, 1.165) is 0 Å². The summed E-state index contributed by atoms with van der Waals surface area (Å²) in [5.41, 5.74) is 5.46. The molecule has 68 valence electrons. The van der Waals surface area contributed by atoms with Gasteiger partial charge in [0, 0.05) is 6.07 Å². The molecule has 0 saturated heterocycles. The lowest BCUT2D eigenvalue weighted by Gasteiger charge is -1.97. The Kier molecular flexibility index (Phi) is 1.80. The standard InChI is InChI=1S/C7H5N7/c8-2-6-12-4-14(13-6)7-1-5(9)10-3-11-7/h1,3-4H,(H2,9,10,11). The number of nitriles is 1. The molecule has 0 spiro atoms. The van der Waals surface area contributed by atoms with Gasteiger partial charge in [-0.05, 0) is 0 Å². The molecular weight excluding hydrogens is 182 g/mol. The lowest BCUT2D eigenvalue weighted by molar-refractivity contribution is 0.834. The summed E-state index contributed by atoms with van der Waals surface area (Å²) >= 11 is 0. The summed E-state index contributed by atoms with van der Waals surface area (Å²) in [6, 6.07) is 3.35. The first-order valence-electron chi connectivity index (χ1n) is 3.69. The number of nitrogens with zero attached hydrogens (tertiary/aromatic N) is 6. The summed E-state index contributed by atoms with van der Waals surface area (Å²) in [6.45, 7) is 0. The molecule has 2 aromatic heterocycles. The van der Waals surface area contributed by atoms with Gasteiger partial charge in [-0.15, -0.1) is 5.10 Å². The van der Waals surface area contributed by atoms with Crippen molar-refractivity contribution in [2.45, 2.75) is 0 Å². The second-order valence-electron chi connectivity index (χ2n) is 2.43. The zero-order valence-electron chi connectivity index (χ0n) is 6.99. The third kappa shape index (κ3) is 1.36. The number of rotatable bonds is 1. The Morgan fingerprint density at radius 2 is 2.21 bits per heavy atom. The summed E-state index contributed by atoms with van der Waals surface area (Å²) in [6.07, 6.45) is 2.71. The van der Waals surface area contributed by atoms with Gasteiger partial charge in [0.05, 0.1) is 0 Å². The van der Waals surface area contributed by atoms with Gasteiger partial charge < -0.3 is 5.73 Å². The molecule has 0 amide bonds. The van der Waals surface area contributed by atoms with E-state index in [-0.39, 0.29) is 5.82 Å². The Hall–Kier alpha value is -2.49. The zero-order valence-corrected chi connectivity index (χ0v) is 6.99. The van der Waals surface area contributed by atoms with Crippen molar-refractivity contribution in [1.82, 2.24) is 24.7 Å². The Morgan fingerprint density at radius 3 is 2.86 bits per heavy atom. The molecule has 7 heteroatoms. The highest BCUT2D eigenvalue weighted by molar-refractivity contribution is 5.35. The van der Waals surface area contributed by atoms with Crippen LogP contribution in [0.25, 0.3) is 5.82 Å². The van der Waals surface area contributed by atoms with Gasteiger partial charge in [-0.25, -0.2) is 19.6 Å². The lowest BCUT2D eigenvalue weighted by Crippen LogP contribution is -2.01. The first kappa shape index (κ1) is 8.12. The smallest absolute Gasteiger partial charge is 0.252 e. The second kappa shape index (κ2) is 3.10. The SMILES string of the molecule is N#Cc1ncn(-c2cc(N)ncn2)n1. The largest absolute Gasteiger partial charge is 0.384 e. The molecule has 0 aliphatic heterocycles. The van der Waals surface area contributed by atoms with Crippen molar-refractivity contribution < 1.29 is 0 Å². The van der Waals surface area contributed by atoms with Crippen LogP contribution in [0, 0.1) is 11.3 Å². The fourth-order valence-electron chi connectivity index (χ4n) is 0.911. The molecule has 14 heavy (non-hydrogen) atoms. The van der Waals surface area contributed by atoms with E-state index in [1.807, 2.05) is 6.07 Å². The van der Waals surface area contributed by atoms with Crippen molar-refractivity contribution in [3.05, 3.63) is 24.5 Å². The molecule has 0 radical (unpaired) electrons. The second-order valence-corrected chi connectivity index (χ2v) is 2.43. The summed E-state index contributed by atoms with van der Waals surface area (Å²) in [5, 5.41) is 12.3. The minimum absolute atomic E-state index is 0.0854. The molecule has 0 saturated carbocycles. The Bertz CT molecular complexity index is 495. The quantitative estimate of drug-likeness (QED) is 0.645. The van der Waals surface area contributed by atoms with E-state index in [9.17, 15) is 0 Å². The van der Waals surface area contributed by atoms with Gasteiger partial charge in [-0.1, -0.05) is 0 Å². The van der Waals surface area contributed by atoms with Crippen LogP contribution in [-0.2, 0) is 0 Å². The van der Waals surface area contributed by atoms with Crippen molar-refractivity contribution in [1.29, 1.82) is 5.26 Å². The van der Waals surface area contributed by atoms with E-state index in [1.54, 1.807) is 0 Å². The molecule has 0 bridgehead atoms. The van der Waals surface area contributed by atoms with Crippen LogP contribution in [0.5, 0.6) is 0 Å². The molecule has 2 N–H and O–H groups in total. The highest BCUT2D eigenvalue weighted by Crippen LogP contribution is 2.03. The number of aromatic nitrogens is 5. The summed E-state index contributed by atoms with van der Waals surface area (Å²) in [5.74, 6) is 0.901. The molecule has 7 nitrogen and oxygen atoms in total.